The van der Waals surface area contributed by atoms with Crippen LogP contribution in [0, 0.1) is 6.92 Å². The van der Waals surface area contributed by atoms with Crippen LogP contribution in [0.25, 0.3) is 11.3 Å². The van der Waals surface area contributed by atoms with Crippen LogP contribution in [-0.2, 0) is 11.3 Å². The molecule has 0 bridgehead atoms. The average Bonchev–Trinajstić information content (AvgIpc) is 3.25. The molecule has 178 valence electrons. The molecule has 4 rings (SSSR count). The molecule has 35 heavy (non-hydrogen) atoms. The van der Waals surface area contributed by atoms with Gasteiger partial charge in [-0.15, -0.1) is 11.3 Å². The van der Waals surface area contributed by atoms with Gasteiger partial charge in [0.15, 0.2) is 5.13 Å². The molecular formula is C27H24BrN3O3S. The number of hydrogen-bond donors (Lipinski definition) is 2. The molecule has 0 atom stereocenters. The van der Waals surface area contributed by atoms with Crippen molar-refractivity contribution >= 4 is 50.0 Å². The number of benzene rings is 3. The molecule has 8 heteroatoms. The van der Waals surface area contributed by atoms with Crippen LogP contribution in [0.3, 0.4) is 0 Å². The van der Waals surface area contributed by atoms with Crippen LogP contribution >= 0.6 is 27.3 Å². The monoisotopic (exact) mass is 549 g/mol. The van der Waals surface area contributed by atoms with Gasteiger partial charge in [-0.05, 0) is 48.9 Å². The zero-order valence-corrected chi connectivity index (χ0v) is 21.5. The first-order chi connectivity index (χ1) is 16.9. The zero-order valence-electron chi connectivity index (χ0n) is 19.1. The van der Waals surface area contributed by atoms with E-state index in [1.54, 1.807) is 23.5 Å². The molecule has 1 heterocycles. The molecule has 0 saturated carbocycles. The number of carboxylic acids is 1. The summed E-state index contributed by atoms with van der Waals surface area (Å²) < 4.78 is 1.000. The molecular weight excluding hydrogens is 526 g/mol. The molecule has 4 aromatic rings. The number of amides is 1. The van der Waals surface area contributed by atoms with Gasteiger partial charge in [0.1, 0.15) is 0 Å². The second-order valence-electron chi connectivity index (χ2n) is 7.93. The van der Waals surface area contributed by atoms with Crippen LogP contribution in [0.1, 0.15) is 27.2 Å². The topological polar surface area (TPSA) is 82.5 Å². The molecule has 0 saturated heterocycles. The van der Waals surface area contributed by atoms with Crippen LogP contribution < -0.4 is 10.2 Å². The number of halogens is 1. The molecule has 6 nitrogen and oxygen atoms in total. The number of carboxylic acid groups (broad SMARTS) is 1. The highest BCUT2D eigenvalue weighted by atomic mass is 79.9. The van der Waals surface area contributed by atoms with Crippen molar-refractivity contribution < 1.29 is 14.7 Å². The van der Waals surface area contributed by atoms with Crippen molar-refractivity contribution in [1.82, 2.24) is 10.3 Å². The van der Waals surface area contributed by atoms with Gasteiger partial charge in [0.2, 0.25) is 0 Å². The van der Waals surface area contributed by atoms with Gasteiger partial charge in [-0.1, -0.05) is 58.4 Å². The number of carbonyl (C=O) groups excluding carboxylic acids is 1. The van der Waals surface area contributed by atoms with Crippen molar-refractivity contribution in [2.24, 2.45) is 0 Å². The maximum absolute atomic E-state index is 12.3. The van der Waals surface area contributed by atoms with Crippen molar-refractivity contribution in [2.75, 3.05) is 11.4 Å². The van der Waals surface area contributed by atoms with E-state index in [0.29, 0.717) is 12.1 Å². The summed E-state index contributed by atoms with van der Waals surface area (Å²) in [6, 6.07) is 25.6. The van der Waals surface area contributed by atoms with Gasteiger partial charge in [-0.2, -0.15) is 0 Å². The summed E-state index contributed by atoms with van der Waals surface area (Å²) in [7, 11) is 0. The van der Waals surface area contributed by atoms with Crippen LogP contribution in [0.5, 0.6) is 0 Å². The fraction of sp³-hybridized carbons (Fsp3) is 0.148. The van der Waals surface area contributed by atoms with Gasteiger partial charge >= 0.3 is 5.97 Å². The van der Waals surface area contributed by atoms with Gasteiger partial charge in [0.25, 0.3) is 5.91 Å². The smallest absolute Gasteiger partial charge is 0.305 e. The Morgan fingerprint density at radius 1 is 1.00 bits per heavy atom. The van der Waals surface area contributed by atoms with E-state index in [-0.39, 0.29) is 18.9 Å². The maximum atomic E-state index is 12.3. The summed E-state index contributed by atoms with van der Waals surface area (Å²) in [4.78, 5) is 31.2. The Morgan fingerprint density at radius 2 is 1.69 bits per heavy atom. The lowest BCUT2D eigenvalue weighted by Gasteiger charge is -2.22. The summed E-state index contributed by atoms with van der Waals surface area (Å²) in [6.07, 6.45) is -0.107. The molecule has 0 fully saturated rings. The van der Waals surface area contributed by atoms with Crippen molar-refractivity contribution in [3.63, 3.8) is 0 Å². The first-order valence-corrected chi connectivity index (χ1v) is 12.7. The molecule has 0 radical (unpaired) electrons. The third-order valence-electron chi connectivity index (χ3n) is 5.38. The fourth-order valence-corrected chi connectivity index (χ4v) is 4.80. The lowest BCUT2D eigenvalue weighted by atomic mass is 10.1. The number of thiazole rings is 1. The van der Waals surface area contributed by atoms with Gasteiger partial charge in [0.05, 0.1) is 18.7 Å². The predicted octanol–water partition coefficient (Wildman–Crippen LogP) is 6.42. The minimum atomic E-state index is -0.943. The van der Waals surface area contributed by atoms with E-state index in [4.69, 9.17) is 10.1 Å². The predicted molar refractivity (Wildman–Crippen MR) is 143 cm³/mol. The average molecular weight is 550 g/mol. The third-order valence-corrected chi connectivity index (χ3v) is 6.91. The Hall–Kier alpha value is -3.49. The largest absolute Gasteiger partial charge is 0.481 e. The number of aromatic nitrogens is 1. The first kappa shape index (κ1) is 24.6. The Kier molecular flexibility index (Phi) is 7.94. The summed E-state index contributed by atoms with van der Waals surface area (Å²) in [5.74, 6) is -1.23. The number of rotatable bonds is 9. The number of carbonyl (C=O) groups is 2. The zero-order chi connectivity index (χ0) is 24.8. The van der Waals surface area contributed by atoms with Crippen molar-refractivity contribution in [1.29, 1.82) is 0 Å². The minimum absolute atomic E-state index is 0.0976. The number of aryl methyl sites for hydroxylation is 1. The Bertz CT molecular complexity index is 1310. The van der Waals surface area contributed by atoms with E-state index in [9.17, 15) is 9.59 Å². The Morgan fingerprint density at radius 3 is 2.34 bits per heavy atom. The van der Waals surface area contributed by atoms with Crippen LogP contribution in [0.2, 0.25) is 0 Å². The highest BCUT2D eigenvalue weighted by Gasteiger charge is 2.18. The third kappa shape index (κ3) is 6.35. The van der Waals surface area contributed by atoms with E-state index in [1.807, 2.05) is 54.6 Å². The van der Waals surface area contributed by atoms with Gasteiger partial charge in [0, 0.05) is 32.7 Å². The van der Waals surface area contributed by atoms with E-state index in [0.717, 1.165) is 37.0 Å². The first-order valence-electron chi connectivity index (χ1n) is 11.1. The van der Waals surface area contributed by atoms with Gasteiger partial charge in [-0.25, -0.2) is 4.98 Å². The fourth-order valence-electron chi connectivity index (χ4n) is 3.58. The number of anilines is 2. The molecule has 1 amide bonds. The number of nitrogens with one attached hydrogen (secondary N) is 1. The normalized spacial score (nSPS) is 10.7. The van der Waals surface area contributed by atoms with Crippen LogP contribution in [0.15, 0.2) is 83.3 Å². The van der Waals surface area contributed by atoms with E-state index >= 15 is 0 Å². The van der Waals surface area contributed by atoms with Gasteiger partial charge in [-0.3, -0.25) is 9.59 Å². The second-order valence-corrected chi connectivity index (χ2v) is 10.0. The molecule has 0 aliphatic carbocycles. The van der Waals surface area contributed by atoms with E-state index < -0.39 is 5.97 Å². The summed E-state index contributed by atoms with van der Waals surface area (Å²) in [6.45, 7) is 2.76. The Balaban J connectivity index is 1.59. The summed E-state index contributed by atoms with van der Waals surface area (Å²) >= 11 is 5.16. The van der Waals surface area contributed by atoms with Crippen LogP contribution in [0.4, 0.5) is 10.8 Å². The summed E-state index contributed by atoms with van der Waals surface area (Å²) in [5, 5.41) is 12.3. The SMILES string of the molecule is Cc1sc(N(Cc2ccc(C(=O)NCCC(=O)O)cc2)c2ccc(Br)cc2)nc1-c1ccccc1. The second kappa shape index (κ2) is 11.3. The van der Waals surface area contributed by atoms with Crippen molar-refractivity contribution in [3.8, 4) is 11.3 Å². The summed E-state index contributed by atoms with van der Waals surface area (Å²) in [5.41, 5.74) is 4.58. The number of nitrogens with zero attached hydrogens (tertiary/aromatic N) is 2. The minimum Gasteiger partial charge on any atom is -0.481 e. The van der Waals surface area contributed by atoms with Crippen LogP contribution in [-0.4, -0.2) is 28.5 Å². The standard InChI is InChI=1S/C27H24BrN3O3S/c1-18-25(20-5-3-2-4-6-20)30-27(35-18)31(23-13-11-22(28)12-14-23)17-19-7-9-21(10-8-19)26(34)29-16-15-24(32)33/h2-14H,15-17H2,1H3,(H,29,34)(H,32,33). The molecule has 2 N–H and O–H groups in total. The maximum Gasteiger partial charge on any atom is 0.305 e. The lowest BCUT2D eigenvalue weighted by Crippen LogP contribution is -2.26. The Labute approximate surface area is 216 Å². The quantitative estimate of drug-likeness (QED) is 0.251. The molecule has 0 spiro atoms. The van der Waals surface area contributed by atoms with E-state index in [1.165, 1.54) is 0 Å². The highest BCUT2D eigenvalue weighted by Crippen LogP contribution is 2.37. The number of aliphatic carboxylic acids is 1. The van der Waals surface area contributed by atoms with Crippen molar-refractivity contribution in [2.45, 2.75) is 19.9 Å². The molecule has 0 aliphatic rings. The molecule has 0 aliphatic heterocycles. The molecule has 3 aromatic carbocycles. The number of hydrogen-bond acceptors (Lipinski definition) is 5. The van der Waals surface area contributed by atoms with Crippen molar-refractivity contribution in [3.05, 3.63) is 99.3 Å². The molecule has 0 unspecified atom stereocenters. The van der Waals surface area contributed by atoms with E-state index in [2.05, 4.69) is 45.2 Å². The lowest BCUT2D eigenvalue weighted by molar-refractivity contribution is -0.136. The van der Waals surface area contributed by atoms with Gasteiger partial charge < -0.3 is 15.3 Å². The highest BCUT2D eigenvalue weighted by molar-refractivity contribution is 9.10. The molecule has 1 aromatic heterocycles.